The lowest BCUT2D eigenvalue weighted by atomic mass is 9.93. The zero-order valence-electron chi connectivity index (χ0n) is 18.4. The van der Waals surface area contributed by atoms with Crippen LogP contribution in [-0.4, -0.2) is 44.6 Å². The summed E-state index contributed by atoms with van der Waals surface area (Å²) in [6, 6.07) is 6.64. The van der Waals surface area contributed by atoms with Gasteiger partial charge in [0.25, 0.3) is 5.92 Å². The van der Waals surface area contributed by atoms with Crippen molar-refractivity contribution in [2.45, 2.75) is 37.8 Å². The zero-order chi connectivity index (χ0) is 23.7. The minimum atomic E-state index is -2.66. The molecule has 0 radical (unpaired) electrons. The van der Waals surface area contributed by atoms with Crippen LogP contribution in [0.2, 0.25) is 0 Å². The van der Waals surface area contributed by atoms with Crippen molar-refractivity contribution < 1.29 is 18.0 Å². The highest BCUT2D eigenvalue weighted by atomic mass is 19.3. The van der Waals surface area contributed by atoms with Crippen molar-refractivity contribution in [1.82, 2.24) is 19.7 Å². The van der Waals surface area contributed by atoms with Crippen LogP contribution in [0.25, 0.3) is 17.2 Å². The van der Waals surface area contributed by atoms with Crippen molar-refractivity contribution in [2.24, 2.45) is 0 Å². The summed E-state index contributed by atoms with van der Waals surface area (Å²) in [4.78, 5) is 18.1. The molecule has 2 aromatic heterocycles. The predicted molar refractivity (Wildman–Crippen MR) is 123 cm³/mol. The third-order valence-corrected chi connectivity index (χ3v) is 6.23. The van der Waals surface area contributed by atoms with Crippen LogP contribution in [0.3, 0.4) is 0 Å². The highest BCUT2D eigenvalue weighted by Crippen LogP contribution is 2.33. The van der Waals surface area contributed by atoms with E-state index in [2.05, 4.69) is 15.4 Å². The summed E-state index contributed by atoms with van der Waals surface area (Å²) >= 11 is 0. The van der Waals surface area contributed by atoms with Crippen molar-refractivity contribution in [1.29, 1.82) is 0 Å². The largest absolute Gasteiger partial charge is 0.320 e. The Morgan fingerprint density at radius 3 is 2.74 bits per heavy atom. The van der Waals surface area contributed by atoms with E-state index in [0.717, 1.165) is 29.5 Å². The first-order valence-electron chi connectivity index (χ1n) is 11.2. The number of amides is 1. The lowest BCUT2D eigenvalue weighted by molar-refractivity contribution is -0.133. The second-order valence-electron chi connectivity index (χ2n) is 8.89. The molecule has 1 aliphatic heterocycles. The highest BCUT2D eigenvalue weighted by molar-refractivity contribution is 6.02. The van der Waals surface area contributed by atoms with Gasteiger partial charge in [-0.1, -0.05) is 6.07 Å². The first kappa shape index (κ1) is 22.3. The maximum absolute atomic E-state index is 14.5. The molecule has 1 amide bonds. The molecule has 2 fully saturated rings. The number of halogens is 3. The number of nitrogens with zero attached hydrogens (tertiary/aromatic N) is 4. The van der Waals surface area contributed by atoms with Crippen LogP contribution in [0.4, 0.5) is 18.9 Å². The van der Waals surface area contributed by atoms with Crippen molar-refractivity contribution in [3.8, 4) is 11.1 Å². The van der Waals surface area contributed by atoms with Crippen LogP contribution >= 0.6 is 0 Å². The quantitative estimate of drug-likeness (QED) is 0.502. The summed E-state index contributed by atoms with van der Waals surface area (Å²) < 4.78 is 42.4. The molecule has 0 atom stereocenters. The van der Waals surface area contributed by atoms with Crippen LogP contribution in [-0.2, 0) is 11.3 Å². The number of alkyl halides is 2. The van der Waals surface area contributed by atoms with Crippen LogP contribution < -0.4 is 5.32 Å². The molecule has 0 unspecified atom stereocenters. The van der Waals surface area contributed by atoms with Crippen LogP contribution in [0.15, 0.2) is 55.1 Å². The zero-order valence-corrected chi connectivity index (χ0v) is 18.4. The second-order valence-corrected chi connectivity index (χ2v) is 8.89. The van der Waals surface area contributed by atoms with E-state index in [1.165, 1.54) is 29.5 Å². The van der Waals surface area contributed by atoms with Gasteiger partial charge in [0, 0.05) is 42.3 Å². The fraction of sp³-hybridized carbons (Fsp3) is 0.320. The average Bonchev–Trinajstić information content (AvgIpc) is 3.21. The average molecular weight is 467 g/mol. The predicted octanol–water partition coefficient (Wildman–Crippen LogP) is 4.91. The van der Waals surface area contributed by atoms with Gasteiger partial charge in [0.15, 0.2) is 0 Å². The van der Waals surface area contributed by atoms with Gasteiger partial charge in [0.05, 0.1) is 31.0 Å². The van der Waals surface area contributed by atoms with Gasteiger partial charge in [-0.2, -0.15) is 5.10 Å². The Hall–Kier alpha value is -3.46. The Morgan fingerprint density at radius 1 is 1.21 bits per heavy atom. The number of anilines is 1. The molecule has 0 spiro atoms. The second kappa shape index (κ2) is 9.06. The first-order chi connectivity index (χ1) is 16.4. The van der Waals surface area contributed by atoms with Crippen LogP contribution in [0.1, 0.15) is 36.4 Å². The van der Waals surface area contributed by atoms with Gasteiger partial charge in [-0.25, -0.2) is 13.2 Å². The monoisotopic (exact) mass is 467 g/mol. The van der Waals surface area contributed by atoms with Crippen molar-refractivity contribution in [3.63, 3.8) is 0 Å². The van der Waals surface area contributed by atoms with E-state index in [9.17, 15) is 18.0 Å². The minimum absolute atomic E-state index is 0.0283. The van der Waals surface area contributed by atoms with Crippen molar-refractivity contribution >= 4 is 17.7 Å². The molecule has 1 saturated heterocycles. The number of hydrogen-bond acceptors (Lipinski definition) is 4. The number of nitrogens with one attached hydrogen (secondary N) is 1. The normalized spacial score (nSPS) is 18.0. The van der Waals surface area contributed by atoms with E-state index >= 15 is 0 Å². The Bertz CT molecular complexity index is 1230. The fourth-order valence-electron chi connectivity index (χ4n) is 4.21. The molecule has 2 aliphatic rings. The standard InChI is InChI=1S/C25H24F3N5O/c26-22-10-17(13-32-15-25(27,28)16-32)4-6-23(22)31-24(34)7-5-18-11-29-9-8-21(18)19-12-30-33(14-19)20-2-1-3-20/h4-12,14,20H,1-3,13,15-16H2,(H,31,34)/b7-5+. The Kier molecular flexibility index (Phi) is 5.95. The van der Waals surface area contributed by atoms with Crippen molar-refractivity contribution in [2.75, 3.05) is 18.4 Å². The topological polar surface area (TPSA) is 63.1 Å². The Labute approximate surface area is 195 Å². The lowest BCUT2D eigenvalue weighted by Crippen LogP contribution is -2.55. The smallest absolute Gasteiger partial charge is 0.272 e. The number of likely N-dealkylation sites (tertiary alicyclic amines) is 1. The van der Waals surface area contributed by atoms with Crippen LogP contribution in [0, 0.1) is 5.82 Å². The number of rotatable bonds is 7. The molecule has 1 aromatic carbocycles. The van der Waals surface area contributed by atoms with E-state index in [-0.39, 0.29) is 25.3 Å². The number of hydrogen-bond donors (Lipinski definition) is 1. The molecule has 3 aromatic rings. The summed E-state index contributed by atoms with van der Waals surface area (Å²) in [5.74, 6) is -3.77. The van der Waals surface area contributed by atoms with Gasteiger partial charge in [0.1, 0.15) is 5.82 Å². The maximum atomic E-state index is 14.5. The molecule has 6 nitrogen and oxygen atoms in total. The number of aromatic nitrogens is 3. The van der Waals surface area contributed by atoms with Crippen molar-refractivity contribution in [3.05, 3.63) is 72.1 Å². The summed E-state index contributed by atoms with van der Waals surface area (Å²) in [5.41, 5.74) is 3.19. The van der Waals surface area contributed by atoms with Gasteiger partial charge >= 0.3 is 0 Å². The molecule has 1 saturated carbocycles. The maximum Gasteiger partial charge on any atom is 0.272 e. The molecule has 0 bridgehead atoms. The van der Waals surface area contributed by atoms with Gasteiger partial charge < -0.3 is 5.32 Å². The fourth-order valence-corrected chi connectivity index (χ4v) is 4.21. The minimum Gasteiger partial charge on any atom is -0.320 e. The number of pyridine rings is 1. The molecule has 3 heterocycles. The Balaban J connectivity index is 1.23. The number of carbonyl (C=O) groups is 1. The summed E-state index contributed by atoms with van der Waals surface area (Å²) in [6.45, 7) is -0.410. The van der Waals surface area contributed by atoms with Gasteiger partial charge in [-0.15, -0.1) is 0 Å². The third-order valence-electron chi connectivity index (χ3n) is 6.23. The summed E-state index contributed by atoms with van der Waals surface area (Å²) in [5, 5.41) is 6.99. The molecule has 5 rings (SSSR count). The molecule has 176 valence electrons. The highest BCUT2D eigenvalue weighted by Gasteiger charge is 2.43. The van der Waals surface area contributed by atoms with Gasteiger partial charge in [-0.05, 0) is 54.7 Å². The van der Waals surface area contributed by atoms with E-state index in [4.69, 9.17) is 0 Å². The molecule has 1 N–H and O–H groups in total. The molecular formula is C25H24F3N5O. The number of benzene rings is 1. The molecule has 1 aliphatic carbocycles. The van der Waals surface area contributed by atoms with E-state index in [1.54, 1.807) is 24.5 Å². The lowest BCUT2D eigenvalue weighted by Gasteiger charge is -2.38. The van der Waals surface area contributed by atoms with Gasteiger partial charge in [-0.3, -0.25) is 19.4 Å². The Morgan fingerprint density at radius 2 is 2.03 bits per heavy atom. The van der Waals surface area contributed by atoms with E-state index in [0.29, 0.717) is 11.6 Å². The first-order valence-corrected chi connectivity index (χ1v) is 11.2. The summed E-state index contributed by atoms with van der Waals surface area (Å²) in [7, 11) is 0. The SMILES string of the molecule is O=C(/C=C/c1cnccc1-c1cnn(C2CCC2)c1)Nc1ccc(CN2CC(F)(F)C2)cc1F. The van der Waals surface area contributed by atoms with E-state index < -0.39 is 17.6 Å². The molecule has 9 heteroatoms. The summed E-state index contributed by atoms with van der Waals surface area (Å²) in [6.07, 6.45) is 13.6. The van der Waals surface area contributed by atoms with E-state index in [1.807, 2.05) is 23.1 Å². The molecular weight excluding hydrogens is 443 g/mol. The molecule has 34 heavy (non-hydrogen) atoms. The third kappa shape index (κ3) is 4.89. The van der Waals surface area contributed by atoms with Crippen LogP contribution in [0.5, 0.6) is 0 Å². The van der Waals surface area contributed by atoms with Gasteiger partial charge in [0.2, 0.25) is 5.91 Å². The number of carbonyl (C=O) groups excluding carboxylic acids is 1.